The minimum atomic E-state index is -1.01. The van der Waals surface area contributed by atoms with Crippen molar-refractivity contribution in [1.29, 1.82) is 0 Å². The van der Waals surface area contributed by atoms with Crippen LogP contribution in [0.5, 0.6) is 0 Å². The van der Waals surface area contributed by atoms with Gasteiger partial charge in [-0.1, -0.05) is 29.8 Å². The van der Waals surface area contributed by atoms with Crippen LogP contribution < -0.4 is 10.6 Å². The third kappa shape index (κ3) is 6.90. The molecule has 0 fully saturated rings. The van der Waals surface area contributed by atoms with Crippen LogP contribution in [-0.4, -0.2) is 48.6 Å². The lowest BCUT2D eigenvalue weighted by atomic mass is 10.0. The average Bonchev–Trinajstić information content (AvgIpc) is 2.71. The van der Waals surface area contributed by atoms with Crippen molar-refractivity contribution in [1.82, 2.24) is 15.6 Å². The molecule has 0 aliphatic rings. The lowest BCUT2D eigenvalue weighted by Crippen LogP contribution is -2.50. The smallest absolute Gasteiger partial charge is 0.322 e. The molecule has 2 N–H and O–H groups in total. The number of amides is 1. The number of methoxy groups -OCH3 is 2. The zero-order valence-corrected chi connectivity index (χ0v) is 19.1. The van der Waals surface area contributed by atoms with E-state index >= 15 is 0 Å². The van der Waals surface area contributed by atoms with Gasteiger partial charge in [-0.05, 0) is 39.3 Å². The molecule has 31 heavy (non-hydrogen) atoms. The Kier molecular flexibility index (Phi) is 8.36. The maximum atomic E-state index is 13.2. The van der Waals surface area contributed by atoms with Crippen LogP contribution in [0.3, 0.4) is 0 Å². The van der Waals surface area contributed by atoms with Crippen molar-refractivity contribution in [3.05, 3.63) is 41.0 Å². The van der Waals surface area contributed by atoms with Crippen molar-refractivity contribution in [3.8, 4) is 0 Å². The molecule has 0 aliphatic heterocycles. The van der Waals surface area contributed by atoms with Gasteiger partial charge in [-0.25, -0.2) is 4.98 Å². The zero-order valence-electron chi connectivity index (χ0n) is 18.3. The number of carbonyl (C=O) groups excluding carboxylic acids is 3. The Morgan fingerprint density at radius 2 is 1.81 bits per heavy atom. The fourth-order valence-corrected chi connectivity index (χ4v) is 3.29. The first kappa shape index (κ1) is 24.6. The predicted octanol–water partition coefficient (Wildman–Crippen LogP) is 2.93. The summed E-state index contributed by atoms with van der Waals surface area (Å²) in [5.74, 6) is -1.47. The van der Waals surface area contributed by atoms with Crippen LogP contribution >= 0.6 is 11.6 Å². The number of aromatic nitrogens is 1. The van der Waals surface area contributed by atoms with Crippen molar-refractivity contribution in [2.75, 3.05) is 14.2 Å². The van der Waals surface area contributed by atoms with Gasteiger partial charge in [0.15, 0.2) is 0 Å². The molecule has 1 heterocycles. The molecule has 1 aromatic heterocycles. The van der Waals surface area contributed by atoms with Crippen LogP contribution in [0.1, 0.15) is 45.2 Å². The highest BCUT2D eigenvalue weighted by atomic mass is 35.5. The number of carbonyl (C=O) groups is 3. The highest BCUT2D eigenvalue weighted by Crippen LogP contribution is 2.27. The van der Waals surface area contributed by atoms with Gasteiger partial charge in [0, 0.05) is 22.9 Å². The first-order valence-corrected chi connectivity index (χ1v) is 10.2. The number of hydrogen-bond acceptors (Lipinski definition) is 7. The van der Waals surface area contributed by atoms with E-state index in [1.54, 1.807) is 6.07 Å². The number of pyridine rings is 1. The molecule has 0 aliphatic carbocycles. The Bertz CT molecular complexity index is 958. The highest BCUT2D eigenvalue weighted by Gasteiger charge is 2.32. The van der Waals surface area contributed by atoms with Crippen LogP contribution in [0, 0.1) is 0 Å². The van der Waals surface area contributed by atoms with Crippen LogP contribution in [0.25, 0.3) is 10.9 Å². The van der Waals surface area contributed by atoms with E-state index in [0.29, 0.717) is 11.1 Å². The van der Waals surface area contributed by atoms with Gasteiger partial charge in [-0.3, -0.25) is 19.7 Å². The molecule has 2 atom stereocenters. The Morgan fingerprint density at radius 3 is 2.42 bits per heavy atom. The normalized spacial score (nSPS) is 13.4. The standard InChI is InChI=1S/C22H28ClN3O5/c1-22(2,3)26-20(28)18(24-16(21(29)31-5)10-11-17(27)30-4)14-12-13-8-6-7-9-15(13)25-19(14)23/h6-9,12,16,18,24H,10-11H2,1-5H3,(H,26,28)/t16-,18-/m0/s1. The maximum Gasteiger partial charge on any atom is 0.322 e. The van der Waals surface area contributed by atoms with Crippen LogP contribution in [0.4, 0.5) is 0 Å². The molecule has 2 rings (SSSR count). The van der Waals surface area contributed by atoms with Crippen LogP contribution in [0.2, 0.25) is 5.15 Å². The first-order chi connectivity index (χ1) is 14.6. The van der Waals surface area contributed by atoms with E-state index in [9.17, 15) is 14.4 Å². The number of benzene rings is 1. The molecule has 0 saturated heterocycles. The van der Waals surface area contributed by atoms with Crippen molar-refractivity contribution >= 4 is 40.3 Å². The van der Waals surface area contributed by atoms with Gasteiger partial charge in [-0.2, -0.15) is 0 Å². The summed E-state index contributed by atoms with van der Waals surface area (Å²) in [4.78, 5) is 41.5. The number of para-hydroxylation sites is 1. The van der Waals surface area contributed by atoms with Crippen molar-refractivity contribution in [2.24, 2.45) is 0 Å². The second-order valence-electron chi connectivity index (χ2n) is 8.09. The Morgan fingerprint density at radius 1 is 1.13 bits per heavy atom. The number of ether oxygens (including phenoxy) is 2. The molecule has 0 unspecified atom stereocenters. The zero-order chi connectivity index (χ0) is 23.2. The summed E-state index contributed by atoms with van der Waals surface area (Å²) in [6.07, 6.45) is 0.0534. The molecule has 0 radical (unpaired) electrons. The first-order valence-electron chi connectivity index (χ1n) is 9.83. The van der Waals surface area contributed by atoms with Crippen molar-refractivity contribution in [3.63, 3.8) is 0 Å². The number of halogens is 1. The monoisotopic (exact) mass is 449 g/mol. The van der Waals surface area contributed by atoms with Gasteiger partial charge >= 0.3 is 11.9 Å². The van der Waals surface area contributed by atoms with E-state index < -0.39 is 35.5 Å². The van der Waals surface area contributed by atoms with E-state index in [1.165, 1.54) is 14.2 Å². The van der Waals surface area contributed by atoms with Gasteiger partial charge < -0.3 is 14.8 Å². The fraction of sp³-hybridized carbons (Fsp3) is 0.455. The van der Waals surface area contributed by atoms with E-state index in [1.807, 2.05) is 45.0 Å². The summed E-state index contributed by atoms with van der Waals surface area (Å²) in [5, 5.41) is 6.84. The third-order valence-corrected chi connectivity index (χ3v) is 4.80. The van der Waals surface area contributed by atoms with Gasteiger partial charge in [0.25, 0.3) is 0 Å². The lowest BCUT2D eigenvalue weighted by Gasteiger charge is -2.28. The number of rotatable bonds is 8. The highest BCUT2D eigenvalue weighted by molar-refractivity contribution is 6.31. The molecule has 8 nitrogen and oxygen atoms in total. The number of hydrogen-bond donors (Lipinski definition) is 2. The van der Waals surface area contributed by atoms with E-state index in [2.05, 4.69) is 20.4 Å². The summed E-state index contributed by atoms with van der Waals surface area (Å²) in [6.45, 7) is 5.53. The SMILES string of the molecule is COC(=O)CC[C@H](N[C@H](C(=O)NC(C)(C)C)c1cc2ccccc2nc1Cl)C(=O)OC. The van der Waals surface area contributed by atoms with Crippen LogP contribution in [-0.2, 0) is 23.9 Å². The predicted molar refractivity (Wildman–Crippen MR) is 118 cm³/mol. The van der Waals surface area contributed by atoms with Crippen LogP contribution in [0.15, 0.2) is 30.3 Å². The fourth-order valence-electron chi connectivity index (χ4n) is 3.04. The largest absolute Gasteiger partial charge is 0.469 e. The van der Waals surface area contributed by atoms with E-state index in [0.717, 1.165) is 5.39 Å². The van der Waals surface area contributed by atoms with Crippen molar-refractivity contribution < 1.29 is 23.9 Å². The number of esters is 2. The van der Waals surface area contributed by atoms with Gasteiger partial charge in [0.1, 0.15) is 17.2 Å². The maximum absolute atomic E-state index is 13.2. The molecule has 1 aromatic carbocycles. The number of fused-ring (bicyclic) bond motifs is 1. The molecular weight excluding hydrogens is 422 g/mol. The minimum absolute atomic E-state index is 0.0272. The average molecular weight is 450 g/mol. The van der Waals surface area contributed by atoms with Gasteiger partial charge in [-0.15, -0.1) is 0 Å². The molecule has 0 saturated carbocycles. The van der Waals surface area contributed by atoms with Gasteiger partial charge in [0.05, 0.1) is 19.7 Å². The minimum Gasteiger partial charge on any atom is -0.469 e. The molecule has 9 heteroatoms. The molecule has 168 valence electrons. The van der Waals surface area contributed by atoms with Crippen molar-refractivity contribution in [2.45, 2.75) is 51.2 Å². The summed E-state index contributed by atoms with van der Waals surface area (Å²) in [7, 11) is 2.51. The summed E-state index contributed by atoms with van der Waals surface area (Å²) in [6, 6.07) is 7.18. The van der Waals surface area contributed by atoms with E-state index in [4.69, 9.17) is 16.3 Å². The Balaban J connectivity index is 2.46. The molecule has 0 spiro atoms. The third-order valence-electron chi connectivity index (χ3n) is 4.49. The second kappa shape index (κ2) is 10.5. The quantitative estimate of drug-likeness (QED) is 0.471. The molecular formula is C22H28ClN3O5. The number of nitrogens with one attached hydrogen (secondary N) is 2. The lowest BCUT2D eigenvalue weighted by molar-refractivity contribution is -0.144. The second-order valence-corrected chi connectivity index (χ2v) is 8.45. The number of nitrogens with zero attached hydrogens (tertiary/aromatic N) is 1. The summed E-state index contributed by atoms with van der Waals surface area (Å²) >= 11 is 6.44. The molecule has 1 amide bonds. The van der Waals surface area contributed by atoms with E-state index in [-0.39, 0.29) is 18.0 Å². The molecule has 0 bridgehead atoms. The summed E-state index contributed by atoms with van der Waals surface area (Å²) in [5.41, 5.74) is 0.566. The summed E-state index contributed by atoms with van der Waals surface area (Å²) < 4.78 is 9.52. The molecule has 2 aromatic rings. The van der Waals surface area contributed by atoms with Gasteiger partial charge in [0.2, 0.25) is 5.91 Å². The Labute approximate surface area is 186 Å². The topological polar surface area (TPSA) is 107 Å². The Hall–Kier alpha value is -2.71.